The quantitative estimate of drug-likeness (QED) is 0.406. The number of aliphatic carboxylic acids is 1. The number of carboxylic acids is 1. The first-order valence-electron chi connectivity index (χ1n) is 13.1. The molecule has 1 N–H and O–H groups in total. The Hall–Kier alpha value is -3.70. The summed E-state index contributed by atoms with van der Waals surface area (Å²) in [6.45, 7) is 4.43. The van der Waals surface area contributed by atoms with Gasteiger partial charge in [0.05, 0.1) is 45.5 Å². The van der Waals surface area contributed by atoms with Gasteiger partial charge >= 0.3 is 12.1 Å². The second kappa shape index (κ2) is 10.9. The summed E-state index contributed by atoms with van der Waals surface area (Å²) in [7, 11) is 0. The van der Waals surface area contributed by atoms with Crippen LogP contribution in [0.2, 0.25) is 5.02 Å². The Labute approximate surface area is 238 Å². The summed E-state index contributed by atoms with van der Waals surface area (Å²) in [6, 6.07) is 7.74. The highest BCUT2D eigenvalue weighted by Gasteiger charge is 2.38. The first-order valence-corrected chi connectivity index (χ1v) is 13.5. The summed E-state index contributed by atoms with van der Waals surface area (Å²) >= 11 is 6.14. The molecule has 8 nitrogen and oxygen atoms in total. The van der Waals surface area contributed by atoms with Gasteiger partial charge in [-0.05, 0) is 69.0 Å². The fourth-order valence-corrected chi connectivity index (χ4v) is 5.78. The van der Waals surface area contributed by atoms with Crippen molar-refractivity contribution >= 4 is 45.9 Å². The highest BCUT2D eigenvalue weighted by molar-refractivity contribution is 6.34. The summed E-state index contributed by atoms with van der Waals surface area (Å²) in [4.78, 5) is 40.3. The third kappa shape index (κ3) is 5.60. The van der Waals surface area contributed by atoms with E-state index in [-0.39, 0.29) is 40.6 Å². The number of hydrogen-bond acceptors (Lipinski definition) is 5. The SMILES string of the molecule is CC1CN(C(=O)c2ccc3c(C4=CCC(C(=O)O)CC4)nn(C(=O)c4c(Cl)cccc4C(F)(F)F)c3c2)CC(C)O1. The number of carbonyl (C=O) groups excluding carboxylic acids is 2. The van der Waals surface area contributed by atoms with Crippen LogP contribution in [0.25, 0.3) is 16.5 Å². The molecule has 2 aliphatic rings. The van der Waals surface area contributed by atoms with Gasteiger partial charge in [0.2, 0.25) is 0 Å². The molecule has 2 aromatic carbocycles. The number of amides is 1. The van der Waals surface area contributed by atoms with E-state index >= 15 is 0 Å². The molecule has 0 saturated carbocycles. The van der Waals surface area contributed by atoms with Crippen LogP contribution in [0.4, 0.5) is 13.2 Å². The van der Waals surface area contributed by atoms with Gasteiger partial charge in [-0.1, -0.05) is 23.7 Å². The highest BCUT2D eigenvalue weighted by Crippen LogP contribution is 2.38. The van der Waals surface area contributed by atoms with E-state index in [0.717, 1.165) is 16.8 Å². The first-order chi connectivity index (χ1) is 19.3. The predicted octanol–water partition coefficient (Wildman–Crippen LogP) is 5.91. The molecule has 1 aliphatic carbocycles. The summed E-state index contributed by atoms with van der Waals surface area (Å²) in [6.07, 6.45) is -2.55. The van der Waals surface area contributed by atoms with E-state index in [0.29, 0.717) is 42.6 Å². The molecule has 3 unspecified atom stereocenters. The number of fused-ring (bicyclic) bond motifs is 1. The number of carbonyl (C=O) groups is 3. The molecule has 1 amide bonds. The maximum absolute atomic E-state index is 13.9. The van der Waals surface area contributed by atoms with Crippen molar-refractivity contribution in [2.75, 3.05) is 13.1 Å². The smallest absolute Gasteiger partial charge is 0.417 e. The molecule has 1 aromatic heterocycles. The molecular weight excluding hydrogens is 563 g/mol. The molecule has 0 radical (unpaired) electrons. The minimum atomic E-state index is -4.86. The number of aromatic nitrogens is 2. The summed E-state index contributed by atoms with van der Waals surface area (Å²) in [5.74, 6) is -2.89. The van der Waals surface area contributed by atoms with E-state index in [2.05, 4.69) is 5.10 Å². The fourth-order valence-electron chi connectivity index (χ4n) is 5.52. The molecule has 5 rings (SSSR count). The number of benzene rings is 2. The Kier molecular flexibility index (Phi) is 7.69. The lowest BCUT2D eigenvalue weighted by molar-refractivity contribution is -0.142. The van der Waals surface area contributed by atoms with E-state index in [9.17, 15) is 32.7 Å². The number of nitrogens with zero attached hydrogens (tertiary/aromatic N) is 3. The molecule has 3 aromatic rings. The lowest BCUT2D eigenvalue weighted by atomic mass is 9.87. The van der Waals surface area contributed by atoms with Crippen molar-refractivity contribution in [2.24, 2.45) is 5.92 Å². The van der Waals surface area contributed by atoms with E-state index in [4.69, 9.17) is 16.3 Å². The van der Waals surface area contributed by atoms with Crippen LogP contribution >= 0.6 is 11.6 Å². The van der Waals surface area contributed by atoms with Crippen LogP contribution in [-0.2, 0) is 15.7 Å². The van der Waals surface area contributed by atoms with Gasteiger partial charge in [-0.2, -0.15) is 23.0 Å². The molecule has 12 heteroatoms. The molecular formula is C29H27ClF3N3O5. The van der Waals surface area contributed by atoms with Crippen molar-refractivity contribution in [1.29, 1.82) is 0 Å². The Bertz CT molecular complexity index is 1570. The number of ether oxygens (including phenoxy) is 1. The first kappa shape index (κ1) is 28.8. The average Bonchev–Trinajstić information content (AvgIpc) is 3.30. The average molecular weight is 590 g/mol. The Morgan fingerprint density at radius 2 is 1.78 bits per heavy atom. The van der Waals surface area contributed by atoms with Crippen molar-refractivity contribution in [1.82, 2.24) is 14.7 Å². The van der Waals surface area contributed by atoms with Gasteiger partial charge in [0.25, 0.3) is 11.8 Å². The molecule has 216 valence electrons. The van der Waals surface area contributed by atoms with E-state index in [1.54, 1.807) is 23.1 Å². The topological polar surface area (TPSA) is 102 Å². The van der Waals surface area contributed by atoms with Crippen molar-refractivity contribution < 1.29 is 37.4 Å². The van der Waals surface area contributed by atoms with Gasteiger partial charge in [-0.15, -0.1) is 0 Å². The molecule has 3 atom stereocenters. The third-order valence-electron chi connectivity index (χ3n) is 7.42. The Morgan fingerprint density at radius 3 is 2.39 bits per heavy atom. The number of hydrogen-bond donors (Lipinski definition) is 1. The van der Waals surface area contributed by atoms with Crippen molar-refractivity contribution in [3.05, 3.63) is 69.9 Å². The number of carboxylic acid groups (broad SMARTS) is 1. The van der Waals surface area contributed by atoms with Crippen LogP contribution in [0, 0.1) is 5.92 Å². The van der Waals surface area contributed by atoms with Crippen molar-refractivity contribution in [3.63, 3.8) is 0 Å². The minimum absolute atomic E-state index is 0.138. The highest BCUT2D eigenvalue weighted by atomic mass is 35.5. The van der Waals surface area contributed by atoms with Crippen LogP contribution in [0.3, 0.4) is 0 Å². The Balaban J connectivity index is 1.65. The lowest BCUT2D eigenvalue weighted by Gasteiger charge is -2.35. The number of alkyl halides is 3. The second-order valence-corrected chi connectivity index (χ2v) is 10.9. The second-order valence-electron chi connectivity index (χ2n) is 10.5. The van der Waals surface area contributed by atoms with Gasteiger partial charge in [-0.3, -0.25) is 14.4 Å². The zero-order valence-electron chi connectivity index (χ0n) is 22.2. The van der Waals surface area contributed by atoms with Gasteiger partial charge in [0.15, 0.2) is 0 Å². The maximum Gasteiger partial charge on any atom is 0.417 e. The summed E-state index contributed by atoms with van der Waals surface area (Å²) in [5.41, 5.74) is -0.578. The van der Waals surface area contributed by atoms with E-state index in [1.807, 2.05) is 13.8 Å². The molecule has 2 heterocycles. The molecule has 41 heavy (non-hydrogen) atoms. The molecule has 1 fully saturated rings. The van der Waals surface area contributed by atoms with Gasteiger partial charge in [0, 0.05) is 24.0 Å². The van der Waals surface area contributed by atoms with Gasteiger partial charge < -0.3 is 14.7 Å². The largest absolute Gasteiger partial charge is 0.481 e. The van der Waals surface area contributed by atoms with Crippen LogP contribution in [0.15, 0.2) is 42.5 Å². The number of rotatable bonds is 4. The Morgan fingerprint density at radius 1 is 1.07 bits per heavy atom. The lowest BCUT2D eigenvalue weighted by Crippen LogP contribution is -2.48. The van der Waals surface area contributed by atoms with Gasteiger partial charge in [-0.25, -0.2) is 0 Å². The van der Waals surface area contributed by atoms with Crippen molar-refractivity contribution in [3.8, 4) is 0 Å². The molecule has 1 aliphatic heterocycles. The van der Waals surface area contributed by atoms with E-state index < -0.39 is 35.1 Å². The van der Waals surface area contributed by atoms with Crippen molar-refractivity contribution in [2.45, 2.75) is 51.5 Å². The number of allylic oxidation sites excluding steroid dienone is 2. The normalized spacial score (nSPS) is 21.6. The third-order valence-corrected chi connectivity index (χ3v) is 7.74. The van der Waals surface area contributed by atoms with Gasteiger partial charge in [0.1, 0.15) is 0 Å². The van der Waals surface area contributed by atoms with Crippen LogP contribution in [-0.4, -0.2) is 62.9 Å². The van der Waals surface area contributed by atoms with E-state index in [1.165, 1.54) is 12.1 Å². The molecule has 0 spiro atoms. The maximum atomic E-state index is 13.9. The van der Waals surface area contributed by atoms with Crippen LogP contribution < -0.4 is 0 Å². The summed E-state index contributed by atoms with van der Waals surface area (Å²) in [5, 5.41) is 13.9. The number of morpholine rings is 1. The number of halogens is 4. The minimum Gasteiger partial charge on any atom is -0.481 e. The zero-order valence-corrected chi connectivity index (χ0v) is 23.0. The zero-order chi connectivity index (χ0) is 29.6. The molecule has 0 bridgehead atoms. The fraction of sp³-hybridized carbons (Fsp3) is 0.379. The predicted molar refractivity (Wildman–Crippen MR) is 145 cm³/mol. The monoisotopic (exact) mass is 589 g/mol. The van der Waals surface area contributed by atoms with Crippen LogP contribution in [0.5, 0.6) is 0 Å². The standard InChI is InChI=1S/C29H27ClF3N3O5/c1-15-13-35(14-16(2)41-15)26(37)19-10-11-20-23(12-19)36(34-25(20)17-6-8-18(9-7-17)28(39)40)27(38)24-21(29(31,32)33)4-3-5-22(24)30/h3-6,10-12,15-16,18H,7-9,13-14H2,1-2H3,(H,39,40). The molecule has 1 saturated heterocycles. The summed E-state index contributed by atoms with van der Waals surface area (Å²) < 4.78 is 48.3. The van der Waals surface area contributed by atoms with Crippen LogP contribution in [0.1, 0.15) is 65.1 Å².